The minimum atomic E-state index is -0.551. The molecule has 0 bridgehead atoms. The summed E-state index contributed by atoms with van der Waals surface area (Å²) in [6, 6.07) is 34.1. The van der Waals surface area contributed by atoms with Gasteiger partial charge in [-0.15, -0.1) is 0 Å². The monoisotopic (exact) mass is 838 g/mol. The number of benzene rings is 4. The van der Waals surface area contributed by atoms with Crippen LogP contribution in [0, 0.1) is 0 Å². The maximum absolute atomic E-state index is 13.8. The quantitative estimate of drug-likeness (QED) is 0.117. The van der Waals surface area contributed by atoms with Gasteiger partial charge < -0.3 is 29.6 Å². The lowest BCUT2D eigenvalue weighted by molar-refractivity contribution is -0.140. The van der Waals surface area contributed by atoms with Crippen LogP contribution in [0.25, 0.3) is 33.4 Å². The Bertz CT molecular complexity index is 2560. The van der Waals surface area contributed by atoms with Gasteiger partial charge in [0.05, 0.1) is 7.11 Å². The number of amides is 4. The molecule has 61 heavy (non-hydrogen) atoms. The molecule has 13 heteroatoms. The van der Waals surface area contributed by atoms with Gasteiger partial charge in [0.2, 0.25) is 17.7 Å². The maximum atomic E-state index is 13.8. The second kappa shape index (κ2) is 18.0. The molecule has 0 radical (unpaired) electrons. The summed E-state index contributed by atoms with van der Waals surface area (Å²) in [7, 11) is 5.32. The fraction of sp³-hybridized carbons (Fsp3) is 0.271. The highest BCUT2D eigenvalue weighted by Crippen LogP contribution is 2.34. The number of anilines is 2. The van der Waals surface area contributed by atoms with E-state index in [2.05, 4.69) is 15.6 Å². The van der Waals surface area contributed by atoms with Gasteiger partial charge in [-0.3, -0.25) is 24.1 Å². The third-order valence-corrected chi connectivity index (χ3v) is 11.7. The van der Waals surface area contributed by atoms with Crippen molar-refractivity contribution in [1.29, 1.82) is 0 Å². The number of hydrogen-bond donors (Lipinski definition) is 2. The molecule has 4 amide bonds. The molecule has 312 valence electrons. The number of methoxy groups -OCH3 is 1. The number of furan rings is 1. The Kier molecular flexibility index (Phi) is 12.2. The predicted octanol–water partition coefficient (Wildman–Crippen LogP) is 8.69. The average Bonchev–Trinajstić information content (AvgIpc) is 4.06. The standard InChI is InChI=1S/C48H47ClN6O6/c1-53(2)45(32-10-5-4-6-11-32)48(59)55-27-9-14-38(55)46(57)51-34-22-18-31(19-23-34)40-25-24-39(61-40)30-16-20-33(21-17-30)50-43(56)28-35-12-8-26-54(35)47(58)44-36-13-7-15-41(60-3)37(36)29-42(49)52-44/h4-7,10-11,13,15-25,29,35,38,45H,8-9,12,14,26-28H2,1-3H3,(H,50,56)(H,51,57)/t35-,38-,45+/m0/s1. The minimum Gasteiger partial charge on any atom is -0.496 e. The van der Waals surface area contributed by atoms with Crippen molar-refractivity contribution in [1.82, 2.24) is 19.7 Å². The van der Waals surface area contributed by atoms with E-state index in [-0.39, 0.29) is 46.9 Å². The van der Waals surface area contributed by atoms with Crippen LogP contribution >= 0.6 is 11.6 Å². The van der Waals surface area contributed by atoms with E-state index >= 15 is 0 Å². The van der Waals surface area contributed by atoms with E-state index in [1.165, 1.54) is 0 Å². The summed E-state index contributed by atoms with van der Waals surface area (Å²) in [5.41, 5.74) is 4.06. The second-order valence-electron chi connectivity index (χ2n) is 15.7. The number of rotatable bonds is 12. The lowest BCUT2D eigenvalue weighted by atomic mass is 10.0. The first-order valence-corrected chi connectivity index (χ1v) is 20.8. The Labute approximate surface area is 359 Å². The Morgan fingerprint density at radius 3 is 2.08 bits per heavy atom. The maximum Gasteiger partial charge on any atom is 0.273 e. The highest BCUT2D eigenvalue weighted by molar-refractivity contribution is 6.30. The number of carbonyl (C=O) groups is 4. The van der Waals surface area contributed by atoms with Gasteiger partial charge in [-0.1, -0.05) is 54.1 Å². The Morgan fingerprint density at radius 2 is 1.43 bits per heavy atom. The SMILES string of the molecule is COc1cccc2c(C(=O)N3CCC[C@H]3CC(=O)Nc3ccc(-c4ccc(-c5ccc(NC(=O)[C@@H]6CCCN6C(=O)[C@@H](c6ccccc6)N(C)C)cc5)o4)cc3)nc(Cl)cc12. The molecule has 3 atom stereocenters. The van der Waals surface area contributed by atoms with Crippen molar-refractivity contribution >= 4 is 57.4 Å². The number of carbonyl (C=O) groups excluding carboxylic acids is 4. The van der Waals surface area contributed by atoms with Gasteiger partial charge in [-0.2, -0.15) is 0 Å². The molecule has 2 fully saturated rings. The Morgan fingerprint density at radius 1 is 0.787 bits per heavy atom. The van der Waals surface area contributed by atoms with Crippen LogP contribution in [0.3, 0.4) is 0 Å². The summed E-state index contributed by atoms with van der Waals surface area (Å²) in [5.74, 6) is 1.16. The van der Waals surface area contributed by atoms with Crippen molar-refractivity contribution in [2.24, 2.45) is 0 Å². The second-order valence-corrected chi connectivity index (χ2v) is 16.1. The van der Waals surface area contributed by atoms with E-state index in [1.807, 2.05) is 128 Å². The van der Waals surface area contributed by atoms with E-state index < -0.39 is 12.1 Å². The number of aromatic nitrogens is 1. The Balaban J connectivity index is 0.861. The number of likely N-dealkylation sites (N-methyl/N-ethyl adjacent to an activating group) is 1. The van der Waals surface area contributed by atoms with E-state index in [0.29, 0.717) is 65.3 Å². The first-order valence-electron chi connectivity index (χ1n) is 20.5. The Hall–Kier alpha value is -6.50. The molecule has 0 saturated carbocycles. The fourth-order valence-electron chi connectivity index (χ4n) is 8.50. The number of nitrogens with one attached hydrogen (secondary N) is 2. The lowest BCUT2D eigenvalue weighted by Crippen LogP contribution is -2.47. The molecular formula is C48H47ClN6O6. The molecule has 0 aliphatic carbocycles. The summed E-state index contributed by atoms with van der Waals surface area (Å²) in [6.07, 6.45) is 2.99. The van der Waals surface area contributed by atoms with Gasteiger partial charge in [0.25, 0.3) is 5.91 Å². The number of nitrogens with zero attached hydrogens (tertiary/aromatic N) is 4. The zero-order valence-corrected chi connectivity index (χ0v) is 35.0. The number of fused-ring (bicyclic) bond motifs is 1. The van der Waals surface area contributed by atoms with E-state index in [4.69, 9.17) is 20.8 Å². The fourth-order valence-corrected chi connectivity index (χ4v) is 8.70. The first-order chi connectivity index (χ1) is 29.6. The van der Waals surface area contributed by atoms with E-state index in [1.54, 1.807) is 23.0 Å². The van der Waals surface area contributed by atoms with Gasteiger partial charge in [0.15, 0.2) is 0 Å². The number of pyridine rings is 1. The van der Waals surface area contributed by atoms with E-state index in [9.17, 15) is 19.2 Å². The molecule has 0 spiro atoms. The molecule has 4 heterocycles. The first kappa shape index (κ1) is 41.2. The van der Waals surface area contributed by atoms with Crippen LogP contribution in [-0.2, 0) is 14.4 Å². The molecule has 6 aromatic rings. The van der Waals surface area contributed by atoms with Gasteiger partial charge in [-0.25, -0.2) is 4.98 Å². The van der Waals surface area contributed by atoms with Gasteiger partial charge in [-0.05, 0) is 118 Å². The topological polar surface area (TPSA) is 137 Å². The molecule has 4 aromatic carbocycles. The highest BCUT2D eigenvalue weighted by atomic mass is 35.5. The smallest absolute Gasteiger partial charge is 0.273 e. The zero-order chi connectivity index (χ0) is 42.6. The van der Waals surface area contributed by atoms with Crippen molar-refractivity contribution in [3.63, 3.8) is 0 Å². The summed E-state index contributed by atoms with van der Waals surface area (Å²) < 4.78 is 11.7. The van der Waals surface area contributed by atoms with Gasteiger partial charge in [0, 0.05) is 58.8 Å². The van der Waals surface area contributed by atoms with Crippen LogP contribution in [0.4, 0.5) is 11.4 Å². The number of likely N-dealkylation sites (tertiary alicyclic amines) is 2. The zero-order valence-electron chi connectivity index (χ0n) is 34.3. The molecule has 8 rings (SSSR count). The summed E-state index contributed by atoms with van der Waals surface area (Å²) in [4.78, 5) is 64.0. The highest BCUT2D eigenvalue weighted by Gasteiger charge is 2.38. The van der Waals surface area contributed by atoms with Crippen LogP contribution in [0.1, 0.15) is 54.2 Å². The van der Waals surface area contributed by atoms with E-state index in [0.717, 1.165) is 29.5 Å². The molecule has 2 N–H and O–H groups in total. The van der Waals surface area contributed by atoms with Crippen LogP contribution in [-0.4, -0.2) is 89.7 Å². The molecule has 2 saturated heterocycles. The van der Waals surface area contributed by atoms with Gasteiger partial charge in [0.1, 0.15) is 40.2 Å². The van der Waals surface area contributed by atoms with Crippen LogP contribution in [0.15, 0.2) is 120 Å². The molecule has 2 aliphatic rings. The van der Waals surface area contributed by atoms with Crippen molar-refractivity contribution in [2.45, 2.75) is 50.2 Å². The number of ether oxygens (including phenoxy) is 1. The summed E-state index contributed by atoms with van der Waals surface area (Å²) in [6.45, 7) is 1.06. The molecule has 2 aromatic heterocycles. The van der Waals surface area contributed by atoms with Crippen molar-refractivity contribution in [2.75, 3.05) is 44.9 Å². The van der Waals surface area contributed by atoms with Crippen LogP contribution in [0.2, 0.25) is 5.15 Å². The largest absolute Gasteiger partial charge is 0.496 e. The van der Waals surface area contributed by atoms with Gasteiger partial charge >= 0.3 is 0 Å². The molecule has 0 unspecified atom stereocenters. The average molecular weight is 839 g/mol. The molecular weight excluding hydrogens is 792 g/mol. The minimum absolute atomic E-state index is 0.0808. The van der Waals surface area contributed by atoms with Crippen LogP contribution in [0.5, 0.6) is 5.75 Å². The lowest BCUT2D eigenvalue weighted by Gasteiger charge is -2.31. The van der Waals surface area contributed by atoms with Crippen molar-refractivity contribution in [3.05, 3.63) is 132 Å². The summed E-state index contributed by atoms with van der Waals surface area (Å²) in [5, 5.41) is 7.54. The molecule has 12 nitrogen and oxygen atoms in total. The predicted molar refractivity (Wildman–Crippen MR) is 236 cm³/mol. The normalized spacial score (nSPS) is 16.8. The summed E-state index contributed by atoms with van der Waals surface area (Å²) >= 11 is 6.34. The number of halogens is 1. The van der Waals surface area contributed by atoms with Crippen molar-refractivity contribution < 1.29 is 28.3 Å². The van der Waals surface area contributed by atoms with Crippen molar-refractivity contribution in [3.8, 4) is 28.4 Å². The third-order valence-electron chi connectivity index (χ3n) is 11.5. The number of hydrogen-bond acceptors (Lipinski definition) is 8. The molecule has 2 aliphatic heterocycles. The van der Waals surface area contributed by atoms with Crippen LogP contribution < -0.4 is 15.4 Å². The third kappa shape index (κ3) is 8.87.